The van der Waals surface area contributed by atoms with Crippen LogP contribution in [0.5, 0.6) is 5.75 Å². The van der Waals surface area contributed by atoms with Crippen molar-refractivity contribution < 1.29 is 18.7 Å². The quantitative estimate of drug-likeness (QED) is 0.841. The number of rotatable bonds is 2. The summed E-state index contributed by atoms with van der Waals surface area (Å²) in [4.78, 5) is 28.5. The summed E-state index contributed by atoms with van der Waals surface area (Å²) in [6.45, 7) is 2.28. The molecule has 0 saturated carbocycles. The maximum Gasteiger partial charge on any atom is 0.289 e. The van der Waals surface area contributed by atoms with Gasteiger partial charge in [-0.15, -0.1) is 0 Å². The highest BCUT2D eigenvalue weighted by atomic mass is 16.5. The predicted molar refractivity (Wildman–Crippen MR) is 91.1 cm³/mol. The van der Waals surface area contributed by atoms with Gasteiger partial charge in [0.2, 0.25) is 0 Å². The lowest BCUT2D eigenvalue weighted by Crippen LogP contribution is -2.51. The molecule has 2 aliphatic rings. The second-order valence-electron chi connectivity index (χ2n) is 6.06. The Kier molecular flexibility index (Phi) is 4.01. The largest absolute Gasteiger partial charge is 0.488 e. The van der Waals surface area contributed by atoms with Crippen molar-refractivity contribution in [3.63, 3.8) is 0 Å². The van der Waals surface area contributed by atoms with Crippen molar-refractivity contribution in [3.05, 3.63) is 59.6 Å². The molecule has 0 aliphatic carbocycles. The fourth-order valence-corrected chi connectivity index (χ4v) is 3.11. The van der Waals surface area contributed by atoms with Gasteiger partial charge in [-0.3, -0.25) is 9.59 Å². The van der Waals surface area contributed by atoms with E-state index in [-0.39, 0.29) is 18.4 Å². The highest BCUT2D eigenvalue weighted by Crippen LogP contribution is 2.26. The minimum atomic E-state index is -0.133. The molecule has 128 valence electrons. The van der Waals surface area contributed by atoms with Gasteiger partial charge in [0.1, 0.15) is 12.4 Å². The molecule has 6 nitrogen and oxygen atoms in total. The average molecular weight is 338 g/mol. The molecule has 1 aromatic carbocycles. The Balaban J connectivity index is 1.40. The molecule has 0 atom stereocenters. The highest BCUT2D eigenvalue weighted by Gasteiger charge is 2.28. The van der Waals surface area contributed by atoms with Crippen LogP contribution in [0.3, 0.4) is 0 Å². The third kappa shape index (κ3) is 3.03. The number of carbonyl (C=O) groups is 2. The number of hydrogen-bond acceptors (Lipinski definition) is 4. The number of para-hydroxylation sites is 1. The molecule has 0 N–H and O–H groups in total. The smallest absolute Gasteiger partial charge is 0.289 e. The molecular weight excluding hydrogens is 320 g/mol. The number of amides is 2. The summed E-state index contributed by atoms with van der Waals surface area (Å²) >= 11 is 0. The fraction of sp³-hybridized carbons (Fsp3) is 0.263. The first kappa shape index (κ1) is 15.5. The summed E-state index contributed by atoms with van der Waals surface area (Å²) in [5.41, 5.74) is 1.56. The minimum Gasteiger partial charge on any atom is -0.488 e. The van der Waals surface area contributed by atoms with E-state index in [9.17, 15) is 9.59 Å². The number of nitrogens with zero attached hydrogens (tertiary/aromatic N) is 2. The molecule has 0 bridgehead atoms. The molecule has 1 saturated heterocycles. The number of carbonyl (C=O) groups excluding carboxylic acids is 2. The van der Waals surface area contributed by atoms with Crippen molar-refractivity contribution >= 4 is 17.9 Å². The van der Waals surface area contributed by atoms with Gasteiger partial charge in [-0.05, 0) is 24.3 Å². The van der Waals surface area contributed by atoms with Crippen molar-refractivity contribution in [2.24, 2.45) is 0 Å². The highest BCUT2D eigenvalue weighted by molar-refractivity contribution is 5.99. The molecule has 25 heavy (non-hydrogen) atoms. The molecule has 4 rings (SSSR count). The van der Waals surface area contributed by atoms with Crippen molar-refractivity contribution in [1.82, 2.24) is 9.80 Å². The number of ether oxygens (including phenoxy) is 1. The summed E-state index contributed by atoms with van der Waals surface area (Å²) in [5.74, 6) is 0.971. The van der Waals surface area contributed by atoms with Crippen molar-refractivity contribution in [1.29, 1.82) is 0 Å². The van der Waals surface area contributed by atoms with Crippen LogP contribution in [-0.2, 0) is 4.79 Å². The average Bonchev–Trinajstić information content (AvgIpc) is 3.21. The SMILES string of the molecule is O=C(C1=Cc2ccccc2OC1)N1CCN(C(=O)c2ccco2)CC1. The zero-order valence-electron chi connectivity index (χ0n) is 13.7. The van der Waals surface area contributed by atoms with Crippen LogP contribution >= 0.6 is 0 Å². The Morgan fingerprint density at radius 2 is 1.60 bits per heavy atom. The first-order valence-electron chi connectivity index (χ1n) is 8.27. The molecular formula is C19H18N2O4. The van der Waals surface area contributed by atoms with Gasteiger partial charge in [0, 0.05) is 31.7 Å². The first-order valence-corrected chi connectivity index (χ1v) is 8.27. The van der Waals surface area contributed by atoms with Gasteiger partial charge in [0.25, 0.3) is 11.8 Å². The maximum absolute atomic E-state index is 12.7. The van der Waals surface area contributed by atoms with Crippen molar-refractivity contribution in [2.45, 2.75) is 0 Å². The van der Waals surface area contributed by atoms with Crippen LogP contribution in [-0.4, -0.2) is 54.4 Å². The topological polar surface area (TPSA) is 63.0 Å². The van der Waals surface area contributed by atoms with Crippen molar-refractivity contribution in [2.75, 3.05) is 32.8 Å². The molecule has 0 spiro atoms. The number of piperazine rings is 1. The van der Waals surface area contributed by atoms with E-state index in [4.69, 9.17) is 9.15 Å². The third-order valence-electron chi connectivity index (χ3n) is 4.49. The Morgan fingerprint density at radius 1 is 0.880 bits per heavy atom. The second-order valence-corrected chi connectivity index (χ2v) is 6.06. The fourth-order valence-electron chi connectivity index (χ4n) is 3.11. The van der Waals surface area contributed by atoms with E-state index in [0.29, 0.717) is 37.5 Å². The van der Waals surface area contributed by atoms with E-state index in [2.05, 4.69) is 0 Å². The van der Waals surface area contributed by atoms with Crippen LogP contribution in [0.4, 0.5) is 0 Å². The lowest BCUT2D eigenvalue weighted by molar-refractivity contribution is -0.128. The molecule has 2 aromatic rings. The van der Waals surface area contributed by atoms with Crippen LogP contribution in [0.25, 0.3) is 6.08 Å². The van der Waals surface area contributed by atoms with E-state index in [0.717, 1.165) is 11.3 Å². The first-order chi connectivity index (χ1) is 12.2. The second kappa shape index (κ2) is 6.47. The zero-order chi connectivity index (χ0) is 17.2. The van der Waals surface area contributed by atoms with Crippen LogP contribution in [0, 0.1) is 0 Å². The van der Waals surface area contributed by atoms with Gasteiger partial charge in [-0.2, -0.15) is 0 Å². The Labute approximate surface area is 145 Å². The Bertz CT molecular complexity index is 818. The number of furan rings is 1. The summed E-state index contributed by atoms with van der Waals surface area (Å²) < 4.78 is 10.8. The van der Waals surface area contributed by atoms with E-state index in [1.807, 2.05) is 30.3 Å². The standard InChI is InChI=1S/C19H18N2O4/c22-18(15-12-14-4-1-2-5-16(14)25-13-15)20-7-9-21(10-8-20)19(23)17-6-3-11-24-17/h1-6,11-12H,7-10,13H2. The van der Waals surface area contributed by atoms with Crippen LogP contribution in [0.15, 0.2) is 52.7 Å². The normalized spacial score (nSPS) is 16.7. The van der Waals surface area contributed by atoms with Crippen molar-refractivity contribution in [3.8, 4) is 5.75 Å². The lowest BCUT2D eigenvalue weighted by Gasteiger charge is -2.35. The Morgan fingerprint density at radius 3 is 2.32 bits per heavy atom. The molecule has 0 unspecified atom stereocenters. The maximum atomic E-state index is 12.7. The lowest BCUT2D eigenvalue weighted by atomic mass is 10.1. The molecule has 1 fully saturated rings. The molecule has 3 heterocycles. The number of benzene rings is 1. The summed E-state index contributed by atoms with van der Waals surface area (Å²) in [5, 5.41) is 0. The van der Waals surface area contributed by atoms with Gasteiger partial charge in [0.15, 0.2) is 5.76 Å². The zero-order valence-corrected chi connectivity index (χ0v) is 13.7. The van der Waals surface area contributed by atoms with Gasteiger partial charge in [-0.1, -0.05) is 18.2 Å². The minimum absolute atomic E-state index is 0.0281. The molecule has 2 amide bonds. The van der Waals surface area contributed by atoms with Crippen LogP contribution in [0.1, 0.15) is 16.1 Å². The molecule has 0 radical (unpaired) electrons. The summed E-state index contributed by atoms with van der Waals surface area (Å²) in [6.07, 6.45) is 3.38. The van der Waals surface area contributed by atoms with E-state index >= 15 is 0 Å². The molecule has 6 heteroatoms. The Hall–Kier alpha value is -3.02. The summed E-state index contributed by atoms with van der Waals surface area (Å²) in [6, 6.07) is 11.0. The summed E-state index contributed by atoms with van der Waals surface area (Å²) in [7, 11) is 0. The van der Waals surface area contributed by atoms with Crippen LogP contribution < -0.4 is 4.74 Å². The number of hydrogen-bond donors (Lipinski definition) is 0. The van der Waals surface area contributed by atoms with Crippen LogP contribution in [0.2, 0.25) is 0 Å². The monoisotopic (exact) mass is 338 g/mol. The predicted octanol–water partition coefficient (Wildman–Crippen LogP) is 2.04. The van der Waals surface area contributed by atoms with Gasteiger partial charge in [-0.25, -0.2) is 0 Å². The third-order valence-corrected chi connectivity index (χ3v) is 4.49. The van der Waals surface area contributed by atoms with Gasteiger partial charge in [0.05, 0.1) is 11.8 Å². The van der Waals surface area contributed by atoms with Gasteiger partial charge < -0.3 is 19.0 Å². The van der Waals surface area contributed by atoms with Gasteiger partial charge >= 0.3 is 0 Å². The van der Waals surface area contributed by atoms with E-state index < -0.39 is 0 Å². The number of fused-ring (bicyclic) bond motifs is 1. The van der Waals surface area contributed by atoms with E-state index in [1.54, 1.807) is 21.9 Å². The molecule has 1 aromatic heterocycles. The molecule has 2 aliphatic heterocycles. The van der Waals surface area contributed by atoms with E-state index in [1.165, 1.54) is 6.26 Å².